The Balaban J connectivity index is 0.000000254. The number of carbonyl (C=O) groups is 1. The Morgan fingerprint density at radius 3 is 2.26 bits per heavy atom. The molecule has 2 aliphatic carbocycles. The van der Waals surface area contributed by atoms with Gasteiger partial charge in [-0.3, -0.25) is 4.79 Å². The molecule has 0 saturated heterocycles. The smallest absolute Gasteiger partial charge is 0.237 e. The molecule has 0 radical (unpaired) electrons. The average molecular weight is 430 g/mol. The molecule has 1 atom stereocenters. The van der Waals surface area contributed by atoms with Gasteiger partial charge in [-0.25, -0.2) is 0 Å². The third-order valence-electron chi connectivity index (χ3n) is 7.35. The summed E-state index contributed by atoms with van der Waals surface area (Å²) in [6.45, 7) is 2.33. The minimum atomic E-state index is -0.150. The molecule has 5 heteroatoms. The summed E-state index contributed by atoms with van der Waals surface area (Å²) in [5.74, 6) is 2.17. The highest BCUT2D eigenvalue weighted by Gasteiger charge is 2.24. The Kier molecular flexibility index (Phi) is 10.1. The number of aromatic hydroxyl groups is 1. The van der Waals surface area contributed by atoms with Gasteiger partial charge in [0.2, 0.25) is 5.91 Å². The lowest BCUT2D eigenvalue weighted by atomic mass is 9.87. The van der Waals surface area contributed by atoms with Crippen LogP contribution >= 0.6 is 0 Å². The molecule has 1 aliphatic heterocycles. The zero-order chi connectivity index (χ0) is 21.9. The maximum Gasteiger partial charge on any atom is 0.237 e. The molecule has 0 unspecified atom stereocenters. The van der Waals surface area contributed by atoms with Gasteiger partial charge in [-0.15, -0.1) is 0 Å². The van der Waals surface area contributed by atoms with Crippen LogP contribution in [0.25, 0.3) is 0 Å². The Hall–Kier alpha value is -1.59. The maximum absolute atomic E-state index is 12.3. The van der Waals surface area contributed by atoms with Crippen LogP contribution in [-0.4, -0.2) is 30.1 Å². The summed E-state index contributed by atoms with van der Waals surface area (Å²) in [5, 5.41) is 15.9. The minimum Gasteiger partial charge on any atom is -0.508 e. The molecule has 1 aromatic carbocycles. The number of carbonyl (C=O) groups excluding carboxylic acids is 1. The molecule has 2 fully saturated rings. The van der Waals surface area contributed by atoms with Crippen molar-refractivity contribution in [1.29, 1.82) is 0 Å². The van der Waals surface area contributed by atoms with Gasteiger partial charge in [0.25, 0.3) is 0 Å². The second-order valence-electron chi connectivity index (χ2n) is 9.76. The summed E-state index contributed by atoms with van der Waals surface area (Å²) in [5.41, 5.74) is 7.70. The van der Waals surface area contributed by atoms with Crippen LogP contribution in [0.4, 0.5) is 0 Å². The average Bonchev–Trinajstić information content (AvgIpc) is 2.81. The van der Waals surface area contributed by atoms with Crippen molar-refractivity contribution in [1.82, 2.24) is 10.6 Å². The van der Waals surface area contributed by atoms with Crippen LogP contribution in [0.5, 0.6) is 5.75 Å². The van der Waals surface area contributed by atoms with E-state index in [4.69, 9.17) is 5.73 Å². The lowest BCUT2D eigenvalue weighted by Crippen LogP contribution is -2.48. The standard InChI is InChI=1S/C18H26N2O2.C8H17N/c21-16-7-6-14-11-17(20-12-15(14)10-16)18(22)19-9-8-13-4-2-1-3-5-13;9-7-6-8-4-2-1-3-5-8/h6-7,10,13,17,20-21H,1-5,8-9,11-12H2,(H,19,22);8H,1-7,9H2/t17-;/m1./s1. The number of amides is 1. The van der Waals surface area contributed by atoms with Crippen LogP contribution < -0.4 is 16.4 Å². The largest absolute Gasteiger partial charge is 0.508 e. The summed E-state index contributed by atoms with van der Waals surface area (Å²) in [7, 11) is 0. The van der Waals surface area contributed by atoms with E-state index in [0.29, 0.717) is 13.0 Å². The minimum absolute atomic E-state index is 0.106. The first-order valence-electron chi connectivity index (χ1n) is 12.7. The van der Waals surface area contributed by atoms with Gasteiger partial charge >= 0.3 is 0 Å². The van der Waals surface area contributed by atoms with Gasteiger partial charge < -0.3 is 21.5 Å². The summed E-state index contributed by atoms with van der Waals surface area (Å²) in [4.78, 5) is 12.3. The zero-order valence-corrected chi connectivity index (χ0v) is 19.2. The summed E-state index contributed by atoms with van der Waals surface area (Å²) in [6.07, 6.45) is 17.1. The van der Waals surface area contributed by atoms with Gasteiger partial charge in [0, 0.05) is 13.1 Å². The highest BCUT2D eigenvalue weighted by atomic mass is 16.3. The van der Waals surface area contributed by atoms with Crippen LogP contribution in [0.15, 0.2) is 18.2 Å². The van der Waals surface area contributed by atoms with Crippen LogP contribution in [0.2, 0.25) is 0 Å². The van der Waals surface area contributed by atoms with Crippen molar-refractivity contribution in [3.05, 3.63) is 29.3 Å². The van der Waals surface area contributed by atoms with E-state index in [9.17, 15) is 9.90 Å². The van der Waals surface area contributed by atoms with E-state index in [2.05, 4.69) is 10.6 Å². The third kappa shape index (κ3) is 8.12. The summed E-state index contributed by atoms with van der Waals surface area (Å²) in [6, 6.07) is 5.25. The van der Waals surface area contributed by atoms with Crippen LogP contribution in [0, 0.1) is 11.8 Å². The van der Waals surface area contributed by atoms with Gasteiger partial charge in [-0.1, -0.05) is 70.3 Å². The molecule has 0 aromatic heterocycles. The number of phenolic OH excluding ortho intramolecular Hbond substituents is 1. The molecule has 1 heterocycles. The number of fused-ring (bicyclic) bond motifs is 1. The molecule has 0 spiro atoms. The number of nitrogens with one attached hydrogen (secondary N) is 2. The summed E-state index contributed by atoms with van der Waals surface area (Å²) < 4.78 is 0. The number of nitrogens with two attached hydrogens (primary N) is 1. The molecule has 1 amide bonds. The Labute approximate surface area is 188 Å². The van der Waals surface area contributed by atoms with Gasteiger partial charge in [-0.05, 0) is 60.9 Å². The van der Waals surface area contributed by atoms with E-state index in [-0.39, 0.29) is 17.7 Å². The third-order valence-corrected chi connectivity index (χ3v) is 7.35. The monoisotopic (exact) mass is 429 g/mol. The van der Waals surface area contributed by atoms with Crippen molar-refractivity contribution in [2.75, 3.05) is 13.1 Å². The highest BCUT2D eigenvalue weighted by molar-refractivity contribution is 5.82. The number of phenols is 1. The topological polar surface area (TPSA) is 87.4 Å². The molecule has 31 heavy (non-hydrogen) atoms. The molecule has 5 nitrogen and oxygen atoms in total. The quantitative estimate of drug-likeness (QED) is 0.539. The van der Waals surface area contributed by atoms with Gasteiger partial charge in [-0.2, -0.15) is 0 Å². The van der Waals surface area contributed by atoms with Crippen LogP contribution in [0.1, 0.15) is 88.2 Å². The van der Waals surface area contributed by atoms with E-state index >= 15 is 0 Å². The van der Waals surface area contributed by atoms with Crippen molar-refractivity contribution in [2.45, 2.75) is 96.1 Å². The number of benzene rings is 1. The fourth-order valence-electron chi connectivity index (χ4n) is 5.40. The second kappa shape index (κ2) is 13.1. The number of hydrogen-bond donors (Lipinski definition) is 4. The van der Waals surface area contributed by atoms with Crippen molar-refractivity contribution >= 4 is 5.91 Å². The predicted molar refractivity (Wildman–Crippen MR) is 127 cm³/mol. The lowest BCUT2D eigenvalue weighted by molar-refractivity contribution is -0.123. The highest BCUT2D eigenvalue weighted by Crippen LogP contribution is 2.26. The molecule has 2 saturated carbocycles. The molecule has 174 valence electrons. The first-order chi connectivity index (χ1) is 15.2. The fraction of sp³-hybridized carbons (Fsp3) is 0.731. The lowest BCUT2D eigenvalue weighted by Gasteiger charge is -2.26. The fourth-order valence-corrected chi connectivity index (χ4v) is 5.40. The summed E-state index contributed by atoms with van der Waals surface area (Å²) >= 11 is 0. The Morgan fingerprint density at radius 1 is 0.968 bits per heavy atom. The molecular formula is C26H43N3O2. The molecular weight excluding hydrogens is 386 g/mol. The maximum atomic E-state index is 12.3. The van der Waals surface area contributed by atoms with Gasteiger partial charge in [0.05, 0.1) is 6.04 Å². The van der Waals surface area contributed by atoms with E-state index in [0.717, 1.165) is 42.5 Å². The van der Waals surface area contributed by atoms with Crippen molar-refractivity contribution < 1.29 is 9.90 Å². The first kappa shape index (κ1) is 24.1. The Bertz CT molecular complexity index is 664. The van der Waals surface area contributed by atoms with Crippen LogP contribution in [0.3, 0.4) is 0 Å². The molecule has 4 rings (SSSR count). The number of hydrogen-bond acceptors (Lipinski definition) is 4. The Morgan fingerprint density at radius 2 is 1.61 bits per heavy atom. The normalized spacial score (nSPS) is 22.2. The van der Waals surface area contributed by atoms with E-state index in [1.54, 1.807) is 12.1 Å². The van der Waals surface area contributed by atoms with E-state index < -0.39 is 0 Å². The second-order valence-corrected chi connectivity index (χ2v) is 9.76. The predicted octanol–water partition coefficient (Wildman–Crippen LogP) is 4.41. The van der Waals surface area contributed by atoms with Crippen LogP contribution in [-0.2, 0) is 17.8 Å². The van der Waals surface area contributed by atoms with Crippen molar-refractivity contribution in [2.24, 2.45) is 17.6 Å². The molecule has 0 bridgehead atoms. The van der Waals surface area contributed by atoms with Gasteiger partial charge in [0.1, 0.15) is 5.75 Å². The molecule has 5 N–H and O–H groups in total. The van der Waals surface area contributed by atoms with Crippen molar-refractivity contribution in [3.63, 3.8) is 0 Å². The number of rotatable bonds is 6. The van der Waals surface area contributed by atoms with E-state index in [1.165, 1.54) is 70.6 Å². The SMILES string of the molecule is NCCC1CCCCC1.O=C(NCCC1CCCCC1)[C@H]1Cc2ccc(O)cc2CN1. The first-order valence-corrected chi connectivity index (χ1v) is 12.7. The van der Waals surface area contributed by atoms with E-state index in [1.807, 2.05) is 6.07 Å². The molecule has 3 aliphatic rings. The van der Waals surface area contributed by atoms with Crippen molar-refractivity contribution in [3.8, 4) is 5.75 Å². The zero-order valence-electron chi connectivity index (χ0n) is 19.2. The van der Waals surface area contributed by atoms with Gasteiger partial charge in [0.15, 0.2) is 0 Å². The molecule has 1 aromatic rings.